The van der Waals surface area contributed by atoms with Crippen LogP contribution in [0.5, 0.6) is 0 Å². The average Bonchev–Trinajstić information content (AvgIpc) is 2.44. The van der Waals surface area contributed by atoms with Gasteiger partial charge in [0.15, 0.2) is 0 Å². The molecule has 0 atom stereocenters. The van der Waals surface area contributed by atoms with Gasteiger partial charge in [-0.2, -0.15) is 36.4 Å². The average molecular weight is 348 g/mol. The summed E-state index contributed by atoms with van der Waals surface area (Å²) in [4.78, 5) is 8.61. The minimum absolute atomic E-state index is 0. The van der Waals surface area contributed by atoms with Crippen LogP contribution in [-0.2, 0) is 32.7 Å². The van der Waals surface area contributed by atoms with Gasteiger partial charge in [-0.05, 0) is 25.9 Å². The smallest absolute Gasteiger partial charge is 0.101 e. The second-order valence-corrected chi connectivity index (χ2v) is 4.95. The van der Waals surface area contributed by atoms with E-state index in [-0.39, 0.29) is 32.7 Å². The van der Waals surface area contributed by atoms with Gasteiger partial charge >= 0.3 is 0 Å². The maximum absolute atomic E-state index is 4.34. The number of aliphatic imine (C=N–C) groups is 1. The summed E-state index contributed by atoms with van der Waals surface area (Å²) in [7, 11) is 9.96. The molecule has 0 bridgehead atoms. The Morgan fingerprint density at radius 2 is 1.75 bits per heavy atom. The largest absolute Gasteiger partial charge is 0.459 e. The van der Waals surface area contributed by atoms with E-state index >= 15 is 0 Å². The molecule has 1 aliphatic heterocycles. The van der Waals surface area contributed by atoms with Crippen molar-refractivity contribution in [1.82, 2.24) is 9.80 Å². The topological polar surface area (TPSA) is 18.8 Å². The molecule has 2 rings (SSSR count). The van der Waals surface area contributed by atoms with E-state index in [2.05, 4.69) is 42.0 Å². The minimum atomic E-state index is 0. The fourth-order valence-electron chi connectivity index (χ4n) is 2.28. The van der Waals surface area contributed by atoms with Crippen molar-refractivity contribution < 1.29 is 32.7 Å². The van der Waals surface area contributed by atoms with Crippen LogP contribution in [0.3, 0.4) is 0 Å². The Balaban J connectivity index is 0.000000434. The summed E-state index contributed by atoms with van der Waals surface area (Å²) in [6, 6.07) is 12.5. The van der Waals surface area contributed by atoms with Gasteiger partial charge < -0.3 is 9.80 Å². The number of piperidine rings is 1. The summed E-state index contributed by atoms with van der Waals surface area (Å²) in [6.45, 7) is 2.19. The maximum atomic E-state index is 4.34. The first-order valence-electron chi connectivity index (χ1n) is 6.75. The Kier molecular flexibility index (Phi) is 11.3. The molecular weight excluding hydrogens is 323 g/mol. The van der Waals surface area contributed by atoms with Crippen LogP contribution in [0, 0.1) is 19.0 Å². The number of hydrogen-bond acceptors (Lipinski definition) is 2. The second kappa shape index (κ2) is 11.4. The predicted octanol–water partition coefficient (Wildman–Crippen LogP) is 2.56. The third-order valence-electron chi connectivity index (χ3n) is 3.25. The number of hydrogen-bond donors (Lipinski definition) is 0. The first-order valence-corrected chi connectivity index (χ1v) is 6.75. The Bertz CT molecular complexity index is 331. The van der Waals surface area contributed by atoms with Gasteiger partial charge in [0.2, 0.25) is 0 Å². The predicted molar refractivity (Wildman–Crippen MR) is 82.0 cm³/mol. The number of rotatable bonds is 1. The van der Waals surface area contributed by atoms with Gasteiger partial charge in [-0.1, -0.05) is 0 Å². The Morgan fingerprint density at radius 1 is 1.20 bits per heavy atom. The summed E-state index contributed by atoms with van der Waals surface area (Å²) in [5.74, 6) is 1.87. The molecule has 0 unspecified atom stereocenters. The van der Waals surface area contributed by atoms with E-state index in [1.165, 1.54) is 18.7 Å². The quantitative estimate of drug-likeness (QED) is 0.441. The molecule has 1 saturated heterocycles. The van der Waals surface area contributed by atoms with E-state index in [9.17, 15) is 0 Å². The van der Waals surface area contributed by atoms with Gasteiger partial charge in [0.05, 0.1) is 0 Å². The van der Waals surface area contributed by atoms with Crippen LogP contribution in [-0.4, -0.2) is 49.9 Å². The summed E-state index contributed by atoms with van der Waals surface area (Å²) in [6.07, 6.45) is 2.38. The van der Waals surface area contributed by atoms with Crippen LogP contribution >= 0.6 is 0 Å². The molecule has 1 aromatic carbocycles. The molecule has 109 valence electrons. The molecule has 1 aromatic rings. The number of nitrogens with zero attached hydrogens (tertiary/aromatic N) is 3. The minimum Gasteiger partial charge on any atom is -0.459 e. The van der Waals surface area contributed by atoms with Crippen molar-refractivity contribution >= 4 is 5.84 Å². The van der Waals surface area contributed by atoms with Crippen LogP contribution in [0.1, 0.15) is 12.8 Å². The molecular formula is C16H25N3Y-2. The molecule has 0 aliphatic carbocycles. The molecule has 0 amide bonds. The van der Waals surface area contributed by atoms with Crippen LogP contribution in [0.25, 0.3) is 0 Å². The van der Waals surface area contributed by atoms with Crippen LogP contribution < -0.4 is 0 Å². The zero-order valence-electron chi connectivity index (χ0n) is 12.9. The number of benzene rings is 1. The molecule has 20 heavy (non-hydrogen) atoms. The van der Waals surface area contributed by atoms with Gasteiger partial charge in [-0.3, -0.25) is 12.0 Å². The second-order valence-electron chi connectivity index (χ2n) is 4.95. The zero-order valence-corrected chi connectivity index (χ0v) is 15.8. The van der Waals surface area contributed by atoms with E-state index < -0.39 is 0 Å². The zero-order chi connectivity index (χ0) is 14.1. The molecule has 0 aromatic heterocycles. The summed E-state index contributed by atoms with van der Waals surface area (Å²) in [5.41, 5.74) is 0. The van der Waals surface area contributed by atoms with Crippen molar-refractivity contribution in [2.45, 2.75) is 12.8 Å². The maximum Gasteiger partial charge on any atom is 0.101 e. The van der Waals surface area contributed by atoms with E-state index in [1.54, 1.807) is 0 Å². The molecule has 0 saturated carbocycles. The van der Waals surface area contributed by atoms with Gasteiger partial charge in [0, 0.05) is 59.8 Å². The Hall–Kier alpha value is -0.246. The van der Waals surface area contributed by atoms with E-state index in [0.29, 0.717) is 5.92 Å². The Morgan fingerprint density at radius 3 is 2.05 bits per heavy atom. The van der Waals surface area contributed by atoms with Crippen molar-refractivity contribution in [3.8, 4) is 0 Å². The molecule has 0 spiro atoms. The molecule has 1 radical (unpaired) electrons. The summed E-state index contributed by atoms with van der Waals surface area (Å²) in [5, 5.41) is 0. The molecule has 1 aliphatic rings. The van der Waals surface area contributed by atoms with Gasteiger partial charge in [-0.25, -0.2) is 0 Å². The van der Waals surface area contributed by atoms with Crippen LogP contribution in [0.2, 0.25) is 0 Å². The number of likely N-dealkylation sites (tertiary alicyclic amines) is 1. The van der Waals surface area contributed by atoms with Gasteiger partial charge in [-0.15, -0.1) is 0 Å². The van der Waals surface area contributed by atoms with Crippen molar-refractivity contribution in [2.75, 3.05) is 34.2 Å². The van der Waals surface area contributed by atoms with E-state index in [0.717, 1.165) is 13.1 Å². The van der Waals surface area contributed by atoms with Crippen LogP contribution in [0.4, 0.5) is 0 Å². The van der Waals surface area contributed by atoms with Gasteiger partial charge in [0.25, 0.3) is 0 Å². The van der Waals surface area contributed by atoms with Crippen LogP contribution in [0.15, 0.2) is 35.3 Å². The Labute approximate surface area is 149 Å². The summed E-state index contributed by atoms with van der Waals surface area (Å²) < 4.78 is 0. The van der Waals surface area contributed by atoms with Crippen molar-refractivity contribution in [2.24, 2.45) is 10.9 Å². The third kappa shape index (κ3) is 7.51. The fourth-order valence-corrected chi connectivity index (χ4v) is 2.28. The van der Waals surface area contributed by atoms with Gasteiger partial charge in [0.1, 0.15) is 5.84 Å². The monoisotopic (exact) mass is 348 g/mol. The normalized spacial score (nSPS) is 16.7. The van der Waals surface area contributed by atoms with Crippen molar-refractivity contribution in [1.29, 1.82) is 0 Å². The standard InChI is InChI=1S/C10H20N3.C6H5.Y/c1-11-10(12(2)3)9-5-7-13(4)8-6-9;1-2-4-6-5-3-1;/h9H,4-8H2,1-3H3;1-5H;/q2*-1;. The van der Waals surface area contributed by atoms with E-state index in [4.69, 9.17) is 0 Å². The molecule has 1 fully saturated rings. The third-order valence-corrected chi connectivity index (χ3v) is 3.25. The van der Waals surface area contributed by atoms with E-state index in [1.807, 2.05) is 37.4 Å². The molecule has 4 heteroatoms. The molecule has 3 nitrogen and oxygen atoms in total. The SMILES string of the molecule is [CH2-]N1CCC(C(=NC)N(C)C)CC1.[Y].[c-]1ccccc1. The van der Waals surface area contributed by atoms with Crippen molar-refractivity contribution in [3.05, 3.63) is 43.4 Å². The van der Waals surface area contributed by atoms with Crippen molar-refractivity contribution in [3.63, 3.8) is 0 Å². The fraction of sp³-hybridized carbons (Fsp3) is 0.500. The molecule has 0 N–H and O–H groups in total. The first-order chi connectivity index (χ1) is 9.15. The number of amidine groups is 1. The summed E-state index contributed by atoms with van der Waals surface area (Å²) >= 11 is 0. The first kappa shape index (κ1) is 19.8. The molecule has 1 heterocycles.